The van der Waals surface area contributed by atoms with E-state index in [2.05, 4.69) is 98.0 Å². The van der Waals surface area contributed by atoms with Crippen molar-refractivity contribution in [2.45, 2.75) is 72.4 Å². The van der Waals surface area contributed by atoms with Crippen molar-refractivity contribution in [1.29, 1.82) is 0 Å². The molecule has 8 aliphatic rings. The molecule has 2 saturated heterocycles. The molecule has 0 N–H and O–H groups in total. The molecule has 2 aromatic rings. The van der Waals surface area contributed by atoms with Crippen LogP contribution < -0.4 is 0 Å². The number of thioether (sulfide) groups is 2. The van der Waals surface area contributed by atoms with Crippen LogP contribution in [0.25, 0.3) is 0 Å². The summed E-state index contributed by atoms with van der Waals surface area (Å²) >= 11 is 4.14. The van der Waals surface area contributed by atoms with Crippen molar-refractivity contribution in [2.75, 3.05) is 0 Å². The van der Waals surface area contributed by atoms with Gasteiger partial charge in [0.25, 0.3) is 0 Å². The smallest absolute Gasteiger partial charge is 0.114 e. The van der Waals surface area contributed by atoms with Crippen molar-refractivity contribution >= 4 is 23.5 Å². The van der Waals surface area contributed by atoms with E-state index in [-0.39, 0.29) is 10.8 Å². The third-order valence-corrected chi connectivity index (χ3v) is 16.5. The molecule has 8 fully saturated rings. The van der Waals surface area contributed by atoms with Crippen molar-refractivity contribution < 1.29 is 9.47 Å². The minimum absolute atomic E-state index is 0.286. The first-order valence-electron chi connectivity index (χ1n) is 15.3. The molecule has 0 aromatic heterocycles. The lowest BCUT2D eigenvalue weighted by atomic mass is 9.61. The topological polar surface area (TPSA) is 18.5 Å². The quantitative estimate of drug-likeness (QED) is 0.392. The summed E-state index contributed by atoms with van der Waals surface area (Å²) in [6.45, 7) is 5.46. The molecule has 16 atom stereocenters. The minimum Gasteiger partial charge on any atom is -0.363 e. The number of benzene rings is 2. The second kappa shape index (κ2) is 7.46. The van der Waals surface area contributed by atoms with Crippen LogP contribution in [0, 0.1) is 70.0 Å². The van der Waals surface area contributed by atoms with E-state index >= 15 is 0 Å². The third kappa shape index (κ3) is 2.44. The Morgan fingerprint density at radius 1 is 0.553 bits per heavy atom. The van der Waals surface area contributed by atoms with E-state index in [9.17, 15) is 0 Å². The van der Waals surface area contributed by atoms with Gasteiger partial charge in [-0.1, -0.05) is 73.8 Å². The van der Waals surface area contributed by atoms with E-state index < -0.39 is 0 Å². The van der Waals surface area contributed by atoms with Gasteiger partial charge in [-0.05, 0) is 109 Å². The second-order valence-electron chi connectivity index (χ2n) is 14.5. The van der Waals surface area contributed by atoms with E-state index in [0.29, 0.717) is 23.1 Å². The lowest BCUT2D eigenvalue weighted by molar-refractivity contribution is -0.160. The van der Waals surface area contributed by atoms with E-state index in [1.165, 1.54) is 35.5 Å². The molecule has 0 bridgehead atoms. The fraction of sp³-hybridized carbons (Fsp3) is 0.647. The number of fused-ring (bicyclic) bond motifs is 4. The summed E-state index contributed by atoms with van der Waals surface area (Å²) in [4.78, 5) is 2.79. The van der Waals surface area contributed by atoms with E-state index in [0.717, 1.165) is 59.2 Å². The van der Waals surface area contributed by atoms with Gasteiger partial charge in [-0.3, -0.25) is 0 Å². The molecule has 0 radical (unpaired) electrons. The van der Waals surface area contributed by atoms with Gasteiger partial charge in [-0.2, -0.15) is 0 Å². The average Bonchev–Trinajstić information content (AvgIpc) is 3.73. The van der Waals surface area contributed by atoms with Crippen LogP contribution in [-0.2, 0) is 9.47 Å². The summed E-state index contributed by atoms with van der Waals surface area (Å²) in [5.74, 6) is 8.36. The zero-order chi connectivity index (χ0) is 25.0. The molecule has 198 valence electrons. The second-order valence-corrected chi connectivity index (χ2v) is 16.8. The van der Waals surface area contributed by atoms with Gasteiger partial charge >= 0.3 is 0 Å². The Balaban J connectivity index is 1.13. The Hall–Kier alpha value is -0.940. The molecule has 2 nitrogen and oxygen atoms in total. The fourth-order valence-corrected chi connectivity index (χ4v) is 16.0. The fourth-order valence-electron chi connectivity index (χ4n) is 13.3. The Labute approximate surface area is 235 Å². The SMILES string of the molecule is C[C@]12[C@H]3[C@@H]4[C@@H]5[C@H]6[C@@H]7[C@@H](CC[C@@H]7O[C@H](Sc7ccccc7)[C@@]6(C)[C@@H]4[C@@H]4CC[C@H](O[C@@H]1Sc1ccccc1)[C@@H]43)[C@H]52. The van der Waals surface area contributed by atoms with Gasteiger partial charge in [0.1, 0.15) is 10.9 Å². The Morgan fingerprint density at radius 2 is 0.974 bits per heavy atom. The van der Waals surface area contributed by atoms with Crippen LogP contribution in [-0.4, -0.2) is 23.1 Å². The normalized spacial score (nSPS) is 57.5. The van der Waals surface area contributed by atoms with Gasteiger partial charge < -0.3 is 9.47 Å². The largest absolute Gasteiger partial charge is 0.363 e. The van der Waals surface area contributed by atoms with Gasteiger partial charge in [-0.15, -0.1) is 0 Å². The first-order valence-corrected chi connectivity index (χ1v) is 17.1. The van der Waals surface area contributed by atoms with E-state index in [1.54, 1.807) is 0 Å². The van der Waals surface area contributed by atoms with Gasteiger partial charge in [0, 0.05) is 20.6 Å². The van der Waals surface area contributed by atoms with E-state index in [1.807, 2.05) is 0 Å². The molecule has 2 aromatic carbocycles. The van der Waals surface area contributed by atoms with Crippen molar-refractivity contribution in [3.63, 3.8) is 0 Å². The maximum atomic E-state index is 7.31. The molecule has 38 heavy (non-hydrogen) atoms. The summed E-state index contributed by atoms with van der Waals surface area (Å²) < 4.78 is 14.6. The lowest BCUT2D eigenvalue weighted by Gasteiger charge is -2.53. The predicted octanol–water partition coefficient (Wildman–Crippen LogP) is 7.84. The zero-order valence-corrected chi connectivity index (χ0v) is 24.0. The molecule has 2 aliphatic heterocycles. The molecular weight excluding hydrogens is 505 g/mol. The predicted molar refractivity (Wildman–Crippen MR) is 152 cm³/mol. The number of hydrogen-bond acceptors (Lipinski definition) is 4. The number of hydrogen-bond donors (Lipinski definition) is 0. The standard InChI is InChI=1S/C34H38O2S2/c1-33-27-19-13-15-22-24(19)30-25(27)26-28(34(30,2)32(36-22)38-18-11-7-4-8-12-18)20-14-16-21(23(20)29(26)33)35-31(33)37-17-9-5-3-6-10-17/h3-12,19-32H,13-16H2,1-2H3/t19-,20-,21+,22+,23-,24-,25-,26+,27-,28-,29-,30-,31-,32-,33+,34+/m1/s1. The Kier molecular flexibility index (Phi) is 4.46. The van der Waals surface area contributed by atoms with Gasteiger partial charge in [0.2, 0.25) is 0 Å². The molecule has 0 unspecified atom stereocenters. The van der Waals surface area contributed by atoms with Crippen LogP contribution in [0.4, 0.5) is 0 Å². The van der Waals surface area contributed by atoms with Crippen LogP contribution in [0.2, 0.25) is 0 Å². The van der Waals surface area contributed by atoms with Gasteiger partial charge in [-0.25, -0.2) is 0 Å². The molecule has 10 rings (SSSR count). The average molecular weight is 543 g/mol. The molecule has 0 amide bonds. The third-order valence-electron chi connectivity index (χ3n) is 13.7. The molecule has 6 aliphatic carbocycles. The first kappa shape index (κ1) is 22.7. The van der Waals surface area contributed by atoms with Crippen molar-refractivity contribution in [3.8, 4) is 0 Å². The van der Waals surface area contributed by atoms with Crippen LogP contribution in [0.5, 0.6) is 0 Å². The van der Waals surface area contributed by atoms with Crippen molar-refractivity contribution in [3.05, 3.63) is 60.7 Å². The highest BCUT2D eigenvalue weighted by atomic mass is 32.2. The van der Waals surface area contributed by atoms with Crippen LogP contribution in [0.1, 0.15) is 39.5 Å². The Morgan fingerprint density at radius 3 is 1.39 bits per heavy atom. The number of ether oxygens (including phenoxy) is 2. The van der Waals surface area contributed by atoms with Crippen LogP contribution >= 0.6 is 23.5 Å². The summed E-state index contributed by atoms with van der Waals surface area (Å²) in [6, 6.07) is 22.4. The molecule has 6 saturated carbocycles. The highest BCUT2D eigenvalue weighted by Gasteiger charge is 2.87. The molecular formula is C34H38O2S2. The maximum absolute atomic E-state index is 7.31. The summed E-state index contributed by atoms with van der Waals surface area (Å²) in [5, 5.41) is 0. The van der Waals surface area contributed by atoms with Gasteiger partial charge in [0.15, 0.2) is 0 Å². The monoisotopic (exact) mass is 542 g/mol. The van der Waals surface area contributed by atoms with Crippen LogP contribution in [0.3, 0.4) is 0 Å². The van der Waals surface area contributed by atoms with Crippen molar-refractivity contribution in [2.24, 2.45) is 70.0 Å². The summed E-state index contributed by atoms with van der Waals surface area (Å²) in [6.07, 6.45) is 6.27. The maximum Gasteiger partial charge on any atom is 0.114 e. The van der Waals surface area contributed by atoms with E-state index in [4.69, 9.17) is 9.47 Å². The molecule has 4 heteroatoms. The van der Waals surface area contributed by atoms with Crippen LogP contribution in [0.15, 0.2) is 70.5 Å². The Bertz CT molecular complexity index is 1190. The minimum atomic E-state index is 0.286. The van der Waals surface area contributed by atoms with Gasteiger partial charge in [0.05, 0.1) is 12.2 Å². The summed E-state index contributed by atoms with van der Waals surface area (Å²) in [7, 11) is 0. The first-order chi connectivity index (χ1) is 18.6. The highest BCUT2D eigenvalue weighted by Crippen LogP contribution is 2.88. The molecule has 2 heterocycles. The van der Waals surface area contributed by atoms with Crippen molar-refractivity contribution in [1.82, 2.24) is 0 Å². The number of rotatable bonds is 4. The lowest BCUT2D eigenvalue weighted by Crippen LogP contribution is -2.54. The zero-order valence-electron chi connectivity index (χ0n) is 22.3. The highest BCUT2D eigenvalue weighted by molar-refractivity contribution is 8.00. The summed E-state index contributed by atoms with van der Waals surface area (Å²) in [5.41, 5.74) is 1.17. The molecule has 0 spiro atoms.